The summed E-state index contributed by atoms with van der Waals surface area (Å²) in [5.74, 6) is 1.46. The first-order valence-electron chi connectivity index (χ1n) is 6.40. The van der Waals surface area contributed by atoms with Crippen molar-refractivity contribution in [1.29, 1.82) is 0 Å². The Morgan fingerprint density at radius 3 is 2.65 bits per heavy atom. The molecule has 0 spiro atoms. The van der Waals surface area contributed by atoms with Gasteiger partial charge in [0, 0.05) is 24.2 Å². The molecule has 1 rings (SSSR count). The number of aryl methyl sites for hydroxylation is 1. The Morgan fingerprint density at radius 2 is 2.06 bits per heavy atom. The Labute approximate surface area is 104 Å². The molecule has 0 saturated carbocycles. The SMILES string of the molecule is CCNC(CC)Cc1cc(OCC)nc(C)n1. The van der Waals surface area contributed by atoms with Crippen molar-refractivity contribution in [3.05, 3.63) is 17.6 Å². The first kappa shape index (κ1) is 13.9. The molecule has 0 aliphatic carbocycles. The predicted octanol–water partition coefficient (Wildman–Crippen LogP) is 2.11. The summed E-state index contributed by atoms with van der Waals surface area (Å²) in [6.45, 7) is 9.80. The number of likely N-dealkylation sites (N-methyl/N-ethyl adjacent to an activating group) is 1. The van der Waals surface area contributed by atoms with Crippen LogP contribution in [-0.2, 0) is 6.42 Å². The Bertz CT molecular complexity index is 341. The summed E-state index contributed by atoms with van der Waals surface area (Å²) in [6, 6.07) is 2.42. The fraction of sp³-hybridized carbons (Fsp3) is 0.692. The van der Waals surface area contributed by atoms with Crippen molar-refractivity contribution < 1.29 is 4.74 Å². The summed E-state index contributed by atoms with van der Waals surface area (Å²) in [4.78, 5) is 8.70. The Kier molecular flexibility index (Phi) is 5.91. The van der Waals surface area contributed by atoms with Gasteiger partial charge in [-0.05, 0) is 26.8 Å². The standard InChI is InChI=1S/C13H23N3O/c1-5-11(14-6-2)8-12-9-13(17-7-3)16-10(4)15-12/h9,11,14H,5-8H2,1-4H3. The molecule has 0 aliphatic heterocycles. The quantitative estimate of drug-likeness (QED) is 0.789. The Balaban J connectivity index is 2.75. The first-order valence-corrected chi connectivity index (χ1v) is 6.40. The van der Waals surface area contributed by atoms with Gasteiger partial charge in [0.05, 0.1) is 6.61 Å². The van der Waals surface area contributed by atoms with Crippen LogP contribution in [-0.4, -0.2) is 29.2 Å². The van der Waals surface area contributed by atoms with Gasteiger partial charge in [0.25, 0.3) is 0 Å². The van der Waals surface area contributed by atoms with E-state index in [1.54, 1.807) is 0 Å². The van der Waals surface area contributed by atoms with Crippen LogP contribution in [0.5, 0.6) is 5.88 Å². The highest BCUT2D eigenvalue weighted by Gasteiger charge is 2.09. The molecule has 1 N–H and O–H groups in total. The van der Waals surface area contributed by atoms with Gasteiger partial charge in [-0.15, -0.1) is 0 Å². The lowest BCUT2D eigenvalue weighted by molar-refractivity contribution is 0.324. The summed E-state index contributed by atoms with van der Waals surface area (Å²) < 4.78 is 5.43. The maximum Gasteiger partial charge on any atom is 0.216 e. The zero-order valence-corrected chi connectivity index (χ0v) is 11.3. The van der Waals surface area contributed by atoms with E-state index < -0.39 is 0 Å². The van der Waals surface area contributed by atoms with Gasteiger partial charge >= 0.3 is 0 Å². The average Bonchev–Trinajstić information content (AvgIpc) is 2.28. The second kappa shape index (κ2) is 7.22. The summed E-state index contributed by atoms with van der Waals surface area (Å²) in [6.07, 6.45) is 2.02. The molecule has 1 unspecified atom stereocenters. The number of hydrogen-bond acceptors (Lipinski definition) is 4. The minimum atomic E-state index is 0.476. The van der Waals surface area contributed by atoms with Crippen LogP contribution in [0.2, 0.25) is 0 Å². The Morgan fingerprint density at radius 1 is 1.29 bits per heavy atom. The molecule has 0 radical (unpaired) electrons. The van der Waals surface area contributed by atoms with Crippen LogP contribution in [0, 0.1) is 6.92 Å². The minimum absolute atomic E-state index is 0.476. The minimum Gasteiger partial charge on any atom is -0.478 e. The molecule has 1 aromatic heterocycles. The van der Waals surface area contributed by atoms with E-state index in [1.807, 2.05) is 19.9 Å². The van der Waals surface area contributed by atoms with Crippen molar-refractivity contribution in [2.45, 2.75) is 46.6 Å². The largest absolute Gasteiger partial charge is 0.478 e. The molecule has 0 fully saturated rings. The lowest BCUT2D eigenvalue weighted by atomic mass is 10.1. The molecule has 0 saturated heterocycles. The zero-order valence-electron chi connectivity index (χ0n) is 11.3. The third kappa shape index (κ3) is 4.69. The molecule has 4 nitrogen and oxygen atoms in total. The van der Waals surface area contributed by atoms with E-state index in [1.165, 1.54) is 0 Å². The van der Waals surface area contributed by atoms with Crippen LogP contribution in [0.3, 0.4) is 0 Å². The van der Waals surface area contributed by atoms with E-state index in [-0.39, 0.29) is 0 Å². The lowest BCUT2D eigenvalue weighted by Gasteiger charge is -2.15. The summed E-state index contributed by atoms with van der Waals surface area (Å²) in [5, 5.41) is 3.45. The van der Waals surface area contributed by atoms with Gasteiger partial charge in [-0.25, -0.2) is 4.98 Å². The van der Waals surface area contributed by atoms with Crippen LogP contribution >= 0.6 is 0 Å². The summed E-state index contributed by atoms with van der Waals surface area (Å²) in [5.41, 5.74) is 1.05. The smallest absolute Gasteiger partial charge is 0.216 e. The number of ether oxygens (including phenoxy) is 1. The monoisotopic (exact) mass is 237 g/mol. The van der Waals surface area contributed by atoms with Gasteiger partial charge in [-0.3, -0.25) is 0 Å². The van der Waals surface area contributed by atoms with Gasteiger partial charge in [0.15, 0.2) is 0 Å². The molecule has 0 aromatic carbocycles. The molecular weight excluding hydrogens is 214 g/mol. The van der Waals surface area contributed by atoms with E-state index in [4.69, 9.17) is 4.74 Å². The highest BCUT2D eigenvalue weighted by Crippen LogP contribution is 2.11. The van der Waals surface area contributed by atoms with Crippen molar-refractivity contribution in [1.82, 2.24) is 15.3 Å². The number of aromatic nitrogens is 2. The highest BCUT2D eigenvalue weighted by molar-refractivity contribution is 5.17. The van der Waals surface area contributed by atoms with Crippen molar-refractivity contribution in [2.75, 3.05) is 13.2 Å². The van der Waals surface area contributed by atoms with Gasteiger partial charge in [0.1, 0.15) is 5.82 Å². The van der Waals surface area contributed by atoms with Gasteiger partial charge < -0.3 is 10.1 Å². The number of hydrogen-bond donors (Lipinski definition) is 1. The molecule has 4 heteroatoms. The normalized spacial score (nSPS) is 12.5. The fourth-order valence-electron chi connectivity index (χ4n) is 1.83. The molecule has 0 bridgehead atoms. The van der Waals surface area contributed by atoms with Crippen molar-refractivity contribution in [2.24, 2.45) is 0 Å². The molecule has 0 aliphatic rings. The number of nitrogens with one attached hydrogen (secondary N) is 1. The fourth-order valence-corrected chi connectivity index (χ4v) is 1.83. The third-order valence-electron chi connectivity index (χ3n) is 2.60. The summed E-state index contributed by atoms with van der Waals surface area (Å²) >= 11 is 0. The Hall–Kier alpha value is -1.16. The molecule has 1 heterocycles. The van der Waals surface area contributed by atoms with E-state index in [2.05, 4.69) is 29.1 Å². The molecule has 17 heavy (non-hydrogen) atoms. The second-order valence-corrected chi connectivity index (χ2v) is 4.04. The summed E-state index contributed by atoms with van der Waals surface area (Å²) in [7, 11) is 0. The molecule has 1 aromatic rings. The van der Waals surface area contributed by atoms with E-state index in [0.29, 0.717) is 18.5 Å². The van der Waals surface area contributed by atoms with Crippen LogP contribution < -0.4 is 10.1 Å². The maximum atomic E-state index is 5.43. The van der Waals surface area contributed by atoms with E-state index >= 15 is 0 Å². The lowest BCUT2D eigenvalue weighted by Crippen LogP contribution is -2.30. The van der Waals surface area contributed by atoms with Crippen LogP contribution in [0.25, 0.3) is 0 Å². The molecule has 0 amide bonds. The van der Waals surface area contributed by atoms with Crippen LogP contribution in [0.1, 0.15) is 38.7 Å². The van der Waals surface area contributed by atoms with E-state index in [0.717, 1.165) is 30.9 Å². The maximum absolute atomic E-state index is 5.43. The van der Waals surface area contributed by atoms with Gasteiger partial charge in [-0.2, -0.15) is 4.98 Å². The predicted molar refractivity (Wildman–Crippen MR) is 69.4 cm³/mol. The van der Waals surface area contributed by atoms with Crippen LogP contribution in [0.15, 0.2) is 6.07 Å². The topological polar surface area (TPSA) is 47.0 Å². The molecule has 96 valence electrons. The second-order valence-electron chi connectivity index (χ2n) is 4.04. The number of nitrogens with zero attached hydrogens (tertiary/aromatic N) is 2. The van der Waals surface area contributed by atoms with Gasteiger partial charge in [0.2, 0.25) is 5.88 Å². The van der Waals surface area contributed by atoms with Gasteiger partial charge in [-0.1, -0.05) is 13.8 Å². The van der Waals surface area contributed by atoms with Crippen molar-refractivity contribution in [3.8, 4) is 5.88 Å². The number of rotatable bonds is 7. The zero-order chi connectivity index (χ0) is 12.7. The molecule has 1 atom stereocenters. The van der Waals surface area contributed by atoms with Crippen LogP contribution in [0.4, 0.5) is 0 Å². The van der Waals surface area contributed by atoms with Crippen molar-refractivity contribution >= 4 is 0 Å². The van der Waals surface area contributed by atoms with Crippen molar-refractivity contribution in [3.63, 3.8) is 0 Å². The first-order chi connectivity index (χ1) is 8.19. The molecular formula is C13H23N3O. The third-order valence-corrected chi connectivity index (χ3v) is 2.60. The highest BCUT2D eigenvalue weighted by atomic mass is 16.5. The van der Waals surface area contributed by atoms with E-state index in [9.17, 15) is 0 Å². The average molecular weight is 237 g/mol.